The molecule has 0 saturated carbocycles. The molecule has 0 bridgehead atoms. The molecule has 1 N–H and O–H groups in total. The van der Waals surface area contributed by atoms with Gasteiger partial charge >= 0.3 is 0 Å². The second-order valence-corrected chi connectivity index (χ2v) is 3.62. The lowest BCUT2D eigenvalue weighted by molar-refractivity contribution is -0.134. The normalized spacial score (nSPS) is 26.2. The van der Waals surface area contributed by atoms with Gasteiger partial charge in [0, 0.05) is 13.1 Å². The fraction of sp³-hybridized carbons (Fsp3) is 0.889. The Kier molecular flexibility index (Phi) is 3.69. The van der Waals surface area contributed by atoms with Gasteiger partial charge in [-0.3, -0.25) is 9.69 Å². The molecule has 1 fully saturated rings. The van der Waals surface area contributed by atoms with Gasteiger partial charge in [0.2, 0.25) is 5.91 Å². The Labute approximate surface area is 79.9 Å². The van der Waals surface area contributed by atoms with Crippen molar-refractivity contribution in [3.05, 3.63) is 0 Å². The van der Waals surface area contributed by atoms with E-state index in [9.17, 15) is 4.79 Å². The molecule has 0 aliphatic carbocycles. The zero-order valence-electron chi connectivity index (χ0n) is 8.71. The Morgan fingerprint density at radius 2 is 2.23 bits per heavy atom. The van der Waals surface area contributed by atoms with Gasteiger partial charge in [0.1, 0.15) is 0 Å². The van der Waals surface area contributed by atoms with Crippen molar-refractivity contribution in [2.24, 2.45) is 0 Å². The van der Waals surface area contributed by atoms with Crippen molar-refractivity contribution in [1.29, 1.82) is 0 Å². The maximum atomic E-state index is 11.8. The third-order valence-corrected chi connectivity index (χ3v) is 2.62. The highest BCUT2D eigenvalue weighted by molar-refractivity contribution is 5.81. The molecule has 1 unspecified atom stereocenters. The van der Waals surface area contributed by atoms with E-state index in [4.69, 9.17) is 0 Å². The maximum Gasteiger partial charge on any atom is 0.240 e. The number of carbonyl (C=O) groups excluding carboxylic acids is 1. The number of nitrogens with zero attached hydrogens (tertiary/aromatic N) is 2. The molecule has 0 radical (unpaired) electrons. The van der Waals surface area contributed by atoms with Crippen LogP contribution in [0.5, 0.6) is 0 Å². The van der Waals surface area contributed by atoms with Crippen molar-refractivity contribution in [2.45, 2.75) is 19.4 Å². The Balaban J connectivity index is 2.61. The van der Waals surface area contributed by atoms with Crippen LogP contribution in [0.1, 0.15) is 13.3 Å². The van der Waals surface area contributed by atoms with E-state index in [1.165, 1.54) is 0 Å². The molecule has 1 saturated heterocycles. The second-order valence-electron chi connectivity index (χ2n) is 3.62. The summed E-state index contributed by atoms with van der Waals surface area (Å²) in [6.45, 7) is 4.51. The number of amides is 1. The first-order valence-electron chi connectivity index (χ1n) is 4.80. The molecule has 1 heterocycles. The number of nitrogens with one attached hydrogen (secondary N) is 1. The average Bonchev–Trinajstić information content (AvgIpc) is 2.22. The zero-order chi connectivity index (χ0) is 9.84. The molecule has 0 spiro atoms. The quantitative estimate of drug-likeness (QED) is 0.642. The molecular weight excluding hydrogens is 166 g/mol. The molecule has 1 atom stereocenters. The van der Waals surface area contributed by atoms with E-state index in [1.807, 2.05) is 25.9 Å². The number of hydrogen-bond donors (Lipinski definition) is 1. The monoisotopic (exact) mass is 185 g/mol. The molecule has 13 heavy (non-hydrogen) atoms. The Hall–Kier alpha value is -0.610. The minimum absolute atomic E-state index is 0.0239. The van der Waals surface area contributed by atoms with Crippen LogP contribution in [-0.4, -0.2) is 55.6 Å². The van der Waals surface area contributed by atoms with E-state index in [0.717, 1.165) is 19.5 Å². The molecule has 1 amide bonds. The van der Waals surface area contributed by atoms with Crippen LogP contribution in [-0.2, 0) is 4.79 Å². The number of carbonyl (C=O) groups is 1. The average molecular weight is 185 g/mol. The van der Waals surface area contributed by atoms with Crippen LogP contribution in [0, 0.1) is 0 Å². The van der Waals surface area contributed by atoms with Gasteiger partial charge in [-0.15, -0.1) is 0 Å². The van der Waals surface area contributed by atoms with E-state index in [1.54, 1.807) is 0 Å². The molecule has 1 aliphatic rings. The molecular formula is C9H19N3O. The van der Waals surface area contributed by atoms with Gasteiger partial charge in [0.15, 0.2) is 0 Å². The largest absolute Gasteiger partial charge is 0.329 e. The van der Waals surface area contributed by atoms with Gasteiger partial charge in [0.05, 0.1) is 12.7 Å². The fourth-order valence-corrected chi connectivity index (χ4v) is 1.62. The first kappa shape index (κ1) is 10.5. The summed E-state index contributed by atoms with van der Waals surface area (Å²) in [6.07, 6.45) is 1.06. The van der Waals surface area contributed by atoms with E-state index < -0.39 is 0 Å². The second kappa shape index (κ2) is 4.58. The summed E-state index contributed by atoms with van der Waals surface area (Å²) in [5.74, 6) is 0.231. The van der Waals surface area contributed by atoms with Crippen molar-refractivity contribution < 1.29 is 4.79 Å². The molecule has 4 heteroatoms. The fourth-order valence-electron chi connectivity index (χ4n) is 1.62. The molecule has 4 nitrogen and oxygen atoms in total. The summed E-state index contributed by atoms with van der Waals surface area (Å²) in [5, 5.41) is 3.02. The molecule has 0 aromatic heterocycles. The minimum Gasteiger partial charge on any atom is -0.329 e. The summed E-state index contributed by atoms with van der Waals surface area (Å²) in [4.78, 5) is 15.8. The van der Waals surface area contributed by atoms with Crippen molar-refractivity contribution in [3.63, 3.8) is 0 Å². The van der Waals surface area contributed by atoms with Crippen molar-refractivity contribution >= 4 is 5.91 Å². The van der Waals surface area contributed by atoms with Gasteiger partial charge in [-0.1, -0.05) is 0 Å². The zero-order valence-corrected chi connectivity index (χ0v) is 8.71. The third-order valence-electron chi connectivity index (χ3n) is 2.62. The van der Waals surface area contributed by atoms with Crippen LogP contribution >= 0.6 is 0 Å². The number of hydrogen-bond acceptors (Lipinski definition) is 3. The van der Waals surface area contributed by atoms with Gasteiger partial charge in [0.25, 0.3) is 0 Å². The summed E-state index contributed by atoms with van der Waals surface area (Å²) < 4.78 is 0. The molecule has 1 rings (SSSR count). The highest BCUT2D eigenvalue weighted by Gasteiger charge is 2.25. The van der Waals surface area contributed by atoms with Gasteiger partial charge in [-0.2, -0.15) is 0 Å². The van der Waals surface area contributed by atoms with Crippen LogP contribution in [0.2, 0.25) is 0 Å². The predicted molar refractivity (Wildman–Crippen MR) is 52.3 cm³/mol. The molecule has 0 aromatic carbocycles. The van der Waals surface area contributed by atoms with Gasteiger partial charge < -0.3 is 10.2 Å². The van der Waals surface area contributed by atoms with E-state index in [2.05, 4.69) is 10.2 Å². The summed E-state index contributed by atoms with van der Waals surface area (Å²) in [7, 11) is 3.87. The van der Waals surface area contributed by atoms with E-state index >= 15 is 0 Å². The Morgan fingerprint density at radius 3 is 2.85 bits per heavy atom. The molecule has 76 valence electrons. The Morgan fingerprint density at radius 1 is 1.54 bits per heavy atom. The van der Waals surface area contributed by atoms with Crippen molar-refractivity contribution in [2.75, 3.05) is 33.9 Å². The lowest BCUT2D eigenvalue weighted by atomic mass is 10.3. The first-order chi connectivity index (χ1) is 6.16. The topological polar surface area (TPSA) is 35.6 Å². The van der Waals surface area contributed by atoms with Crippen molar-refractivity contribution in [1.82, 2.24) is 15.1 Å². The standard InChI is InChI=1S/C9H19N3O/c1-8-9(13)12(7-10-2)6-4-5-11(8)3/h8,10H,4-7H2,1-3H3. The lowest BCUT2D eigenvalue weighted by Gasteiger charge is -2.24. The maximum absolute atomic E-state index is 11.8. The van der Waals surface area contributed by atoms with Crippen LogP contribution < -0.4 is 5.32 Å². The van der Waals surface area contributed by atoms with Crippen molar-refractivity contribution in [3.8, 4) is 0 Å². The lowest BCUT2D eigenvalue weighted by Crippen LogP contribution is -2.45. The predicted octanol–water partition coefficient (Wildman–Crippen LogP) is -0.284. The van der Waals surface area contributed by atoms with Crippen LogP contribution in [0.4, 0.5) is 0 Å². The van der Waals surface area contributed by atoms with Crippen LogP contribution in [0.3, 0.4) is 0 Å². The molecule has 0 aromatic rings. The van der Waals surface area contributed by atoms with Crippen LogP contribution in [0.25, 0.3) is 0 Å². The number of likely N-dealkylation sites (N-methyl/N-ethyl adjacent to an activating group) is 1. The van der Waals surface area contributed by atoms with Gasteiger partial charge in [-0.25, -0.2) is 0 Å². The smallest absolute Gasteiger partial charge is 0.240 e. The number of rotatable bonds is 2. The van der Waals surface area contributed by atoms with E-state index in [0.29, 0.717) is 6.67 Å². The minimum atomic E-state index is 0.0239. The Bertz CT molecular complexity index is 184. The van der Waals surface area contributed by atoms with Gasteiger partial charge in [-0.05, 0) is 27.4 Å². The highest BCUT2D eigenvalue weighted by atomic mass is 16.2. The van der Waals surface area contributed by atoms with Crippen LogP contribution in [0.15, 0.2) is 0 Å². The van der Waals surface area contributed by atoms with E-state index in [-0.39, 0.29) is 11.9 Å². The summed E-state index contributed by atoms with van der Waals surface area (Å²) >= 11 is 0. The first-order valence-corrected chi connectivity index (χ1v) is 4.80. The highest BCUT2D eigenvalue weighted by Crippen LogP contribution is 2.07. The third kappa shape index (κ3) is 2.42. The summed E-state index contributed by atoms with van der Waals surface area (Å²) in [5.41, 5.74) is 0. The molecule has 1 aliphatic heterocycles. The SMILES string of the molecule is CNCN1CCCN(C)C(C)C1=O. The summed E-state index contributed by atoms with van der Waals surface area (Å²) in [6, 6.07) is 0.0239.